The van der Waals surface area contributed by atoms with Crippen LogP contribution in [0.15, 0.2) is 0 Å². The lowest BCUT2D eigenvalue weighted by Gasteiger charge is -2.31. The lowest BCUT2D eigenvalue weighted by atomic mass is 9.96. The predicted octanol–water partition coefficient (Wildman–Crippen LogP) is 0.726. The summed E-state index contributed by atoms with van der Waals surface area (Å²) in [6, 6.07) is 0. The molecule has 0 saturated carbocycles. The van der Waals surface area contributed by atoms with Crippen molar-refractivity contribution in [2.24, 2.45) is 5.73 Å². The second kappa shape index (κ2) is 5.44. The van der Waals surface area contributed by atoms with Crippen molar-refractivity contribution < 1.29 is 8.42 Å². The van der Waals surface area contributed by atoms with E-state index in [0.29, 0.717) is 19.4 Å². The van der Waals surface area contributed by atoms with Crippen LogP contribution in [0.2, 0.25) is 0 Å². The van der Waals surface area contributed by atoms with Gasteiger partial charge in [-0.2, -0.15) is 17.9 Å². The van der Waals surface area contributed by atoms with E-state index >= 15 is 0 Å². The first-order valence-corrected chi connectivity index (χ1v) is 7.05. The van der Waals surface area contributed by atoms with Gasteiger partial charge in [0, 0.05) is 11.1 Å². The minimum absolute atomic E-state index is 0.461. The fourth-order valence-corrected chi connectivity index (χ4v) is 3.12. The molecule has 0 aliphatic carbocycles. The van der Waals surface area contributed by atoms with E-state index in [2.05, 4.69) is 9.44 Å². The molecule has 0 aliphatic rings. The fraction of sp³-hybridized carbons (Fsp3) is 1.00. The Balaban J connectivity index is 4.68. The van der Waals surface area contributed by atoms with Crippen LogP contribution < -0.4 is 15.2 Å². The van der Waals surface area contributed by atoms with E-state index < -0.39 is 21.3 Å². The molecular formula is C10H25N3O2S. The first-order chi connectivity index (χ1) is 7.04. The van der Waals surface area contributed by atoms with Gasteiger partial charge in [0.25, 0.3) is 10.2 Å². The fourth-order valence-electron chi connectivity index (χ4n) is 1.37. The van der Waals surface area contributed by atoms with Gasteiger partial charge in [0.05, 0.1) is 0 Å². The highest BCUT2D eigenvalue weighted by molar-refractivity contribution is 7.87. The zero-order valence-electron chi connectivity index (χ0n) is 10.9. The number of hydrogen-bond acceptors (Lipinski definition) is 3. The van der Waals surface area contributed by atoms with Crippen molar-refractivity contribution in [3.8, 4) is 0 Å². The highest BCUT2D eigenvalue weighted by atomic mass is 32.2. The maximum Gasteiger partial charge on any atom is 0.277 e. The Labute approximate surface area is 99.4 Å². The zero-order valence-corrected chi connectivity index (χ0v) is 11.7. The molecule has 0 spiro atoms. The van der Waals surface area contributed by atoms with Crippen molar-refractivity contribution in [3.05, 3.63) is 0 Å². The number of hydrogen-bond donors (Lipinski definition) is 3. The molecule has 0 saturated heterocycles. The maximum absolute atomic E-state index is 11.8. The second-order valence-electron chi connectivity index (χ2n) is 5.41. The average molecular weight is 251 g/mol. The lowest BCUT2D eigenvalue weighted by Crippen LogP contribution is -2.55. The third kappa shape index (κ3) is 6.42. The molecule has 98 valence electrons. The van der Waals surface area contributed by atoms with E-state index in [0.717, 1.165) is 0 Å². The SMILES string of the molecule is CCC(C)(CCN)NS(=O)(=O)NC(C)(C)C. The second-order valence-corrected chi connectivity index (χ2v) is 6.83. The van der Waals surface area contributed by atoms with Crippen LogP contribution in [0.4, 0.5) is 0 Å². The van der Waals surface area contributed by atoms with E-state index in [1.54, 1.807) is 20.8 Å². The van der Waals surface area contributed by atoms with Crippen LogP contribution in [0.3, 0.4) is 0 Å². The van der Waals surface area contributed by atoms with Crippen molar-refractivity contribution in [1.29, 1.82) is 0 Å². The normalized spacial score (nSPS) is 17.1. The van der Waals surface area contributed by atoms with E-state index in [9.17, 15) is 8.42 Å². The van der Waals surface area contributed by atoms with Crippen LogP contribution in [0.5, 0.6) is 0 Å². The van der Waals surface area contributed by atoms with Gasteiger partial charge < -0.3 is 5.73 Å². The third-order valence-electron chi connectivity index (χ3n) is 2.30. The van der Waals surface area contributed by atoms with Gasteiger partial charge in [-0.15, -0.1) is 0 Å². The molecule has 0 heterocycles. The molecule has 0 aromatic heterocycles. The van der Waals surface area contributed by atoms with E-state index in [-0.39, 0.29) is 0 Å². The summed E-state index contributed by atoms with van der Waals surface area (Å²) >= 11 is 0. The average Bonchev–Trinajstić information content (AvgIpc) is 1.98. The topological polar surface area (TPSA) is 84.2 Å². The smallest absolute Gasteiger partial charge is 0.277 e. The van der Waals surface area contributed by atoms with Gasteiger partial charge >= 0.3 is 0 Å². The summed E-state index contributed by atoms with van der Waals surface area (Å²) in [5.74, 6) is 0. The van der Waals surface area contributed by atoms with E-state index in [1.165, 1.54) is 0 Å². The molecule has 16 heavy (non-hydrogen) atoms. The van der Waals surface area contributed by atoms with Gasteiger partial charge in [0.2, 0.25) is 0 Å². The first kappa shape index (κ1) is 15.8. The molecule has 0 bridgehead atoms. The van der Waals surface area contributed by atoms with Crippen LogP contribution in [0, 0.1) is 0 Å². The van der Waals surface area contributed by atoms with Crippen LogP contribution in [0.1, 0.15) is 47.5 Å². The highest BCUT2D eigenvalue weighted by Gasteiger charge is 2.29. The van der Waals surface area contributed by atoms with Gasteiger partial charge in [-0.3, -0.25) is 0 Å². The molecule has 1 unspecified atom stereocenters. The molecular weight excluding hydrogens is 226 g/mol. The molecule has 0 fully saturated rings. The summed E-state index contributed by atoms with van der Waals surface area (Å²) in [6.07, 6.45) is 1.32. The largest absolute Gasteiger partial charge is 0.330 e. The van der Waals surface area contributed by atoms with Crippen molar-refractivity contribution in [3.63, 3.8) is 0 Å². The molecule has 0 aromatic carbocycles. The molecule has 5 nitrogen and oxygen atoms in total. The van der Waals surface area contributed by atoms with Crippen molar-refractivity contribution >= 4 is 10.2 Å². The number of nitrogens with one attached hydrogen (secondary N) is 2. The van der Waals surface area contributed by atoms with Gasteiger partial charge in [0.1, 0.15) is 0 Å². The summed E-state index contributed by atoms with van der Waals surface area (Å²) in [7, 11) is -3.49. The minimum atomic E-state index is -3.49. The van der Waals surface area contributed by atoms with Gasteiger partial charge in [-0.1, -0.05) is 6.92 Å². The van der Waals surface area contributed by atoms with E-state index in [1.807, 2.05) is 13.8 Å². The third-order valence-corrected chi connectivity index (χ3v) is 3.94. The van der Waals surface area contributed by atoms with Crippen molar-refractivity contribution in [1.82, 2.24) is 9.44 Å². The molecule has 0 aromatic rings. The Morgan fingerprint density at radius 1 is 1.12 bits per heavy atom. The van der Waals surface area contributed by atoms with Crippen LogP contribution >= 0.6 is 0 Å². The van der Waals surface area contributed by atoms with Gasteiger partial charge in [-0.25, -0.2) is 0 Å². The van der Waals surface area contributed by atoms with E-state index in [4.69, 9.17) is 5.73 Å². The quantitative estimate of drug-likeness (QED) is 0.650. The molecule has 4 N–H and O–H groups in total. The lowest BCUT2D eigenvalue weighted by molar-refractivity contribution is 0.370. The Hall–Kier alpha value is -0.170. The summed E-state index contributed by atoms with van der Waals surface area (Å²) in [5, 5.41) is 0. The summed E-state index contributed by atoms with van der Waals surface area (Å²) in [6.45, 7) is 9.68. The summed E-state index contributed by atoms with van der Waals surface area (Å²) < 4.78 is 28.9. The Bertz CT molecular complexity index is 309. The van der Waals surface area contributed by atoms with Crippen molar-refractivity contribution in [2.75, 3.05) is 6.54 Å². The number of nitrogens with two attached hydrogens (primary N) is 1. The molecule has 1 atom stereocenters. The zero-order chi connectivity index (χ0) is 13.0. The molecule has 0 radical (unpaired) electrons. The van der Waals surface area contributed by atoms with Gasteiger partial charge in [0.15, 0.2) is 0 Å². The van der Waals surface area contributed by atoms with Crippen LogP contribution in [-0.2, 0) is 10.2 Å². The van der Waals surface area contributed by atoms with Crippen LogP contribution in [-0.4, -0.2) is 26.0 Å². The molecule has 0 aliphatic heterocycles. The predicted molar refractivity (Wildman–Crippen MR) is 67.3 cm³/mol. The summed E-state index contributed by atoms with van der Waals surface area (Å²) in [4.78, 5) is 0. The van der Waals surface area contributed by atoms with Crippen LogP contribution in [0.25, 0.3) is 0 Å². The molecule has 0 amide bonds. The highest BCUT2D eigenvalue weighted by Crippen LogP contribution is 2.15. The minimum Gasteiger partial charge on any atom is -0.330 e. The number of rotatable bonds is 6. The molecule has 0 rings (SSSR count). The standard InChI is InChI=1S/C10H25N3O2S/c1-6-10(5,7-8-11)13-16(14,15)12-9(2,3)4/h12-13H,6-8,11H2,1-5H3. The summed E-state index contributed by atoms with van der Waals surface area (Å²) in [5.41, 5.74) is 4.52. The van der Waals surface area contributed by atoms with Gasteiger partial charge in [-0.05, 0) is 47.1 Å². The monoisotopic (exact) mass is 251 g/mol. The Kier molecular flexibility index (Phi) is 5.38. The molecule has 6 heteroatoms. The first-order valence-electron chi connectivity index (χ1n) is 5.56. The Morgan fingerprint density at radius 2 is 1.62 bits per heavy atom. The van der Waals surface area contributed by atoms with Crippen molar-refractivity contribution in [2.45, 2.75) is 58.5 Å². The Morgan fingerprint density at radius 3 is 1.94 bits per heavy atom. The maximum atomic E-state index is 11.8.